The lowest BCUT2D eigenvalue weighted by molar-refractivity contribution is 0.271. The van der Waals surface area contributed by atoms with Crippen molar-refractivity contribution in [3.8, 4) is 22.5 Å². The molecule has 0 atom stereocenters. The van der Waals surface area contributed by atoms with E-state index in [2.05, 4.69) is 21.6 Å². The summed E-state index contributed by atoms with van der Waals surface area (Å²) in [4.78, 5) is 31.9. The summed E-state index contributed by atoms with van der Waals surface area (Å²) in [5.74, 6) is 0.407. The molecule has 0 radical (unpaired) electrons. The van der Waals surface area contributed by atoms with Gasteiger partial charge < -0.3 is 5.11 Å². The van der Waals surface area contributed by atoms with Crippen LogP contribution in [0.4, 0.5) is 0 Å². The molecule has 0 fully saturated rings. The Morgan fingerprint density at radius 1 is 1.06 bits per heavy atom. The number of unbranched alkanes of at least 4 members (excludes halogenated alkanes) is 1. The average molecular weight is 461 g/mol. The van der Waals surface area contributed by atoms with Crippen LogP contribution in [0.1, 0.15) is 42.4 Å². The van der Waals surface area contributed by atoms with E-state index in [0.29, 0.717) is 23.6 Å². The minimum Gasteiger partial charge on any atom is -0.395 e. The second-order valence-corrected chi connectivity index (χ2v) is 8.23. The van der Waals surface area contributed by atoms with Crippen LogP contribution in [0.3, 0.4) is 0 Å². The smallest absolute Gasteiger partial charge is 0.395 e. The minimum atomic E-state index is -0.599. The Balaban J connectivity index is 1.67. The molecule has 0 unspecified atom stereocenters. The Morgan fingerprint density at radius 3 is 2.44 bits per heavy atom. The van der Waals surface area contributed by atoms with Crippen molar-refractivity contribution in [3.05, 3.63) is 92.1 Å². The molecule has 0 saturated heterocycles. The van der Waals surface area contributed by atoms with E-state index in [1.165, 1.54) is 0 Å². The Morgan fingerprint density at radius 2 is 1.79 bits per heavy atom. The number of benzene rings is 2. The summed E-state index contributed by atoms with van der Waals surface area (Å²) in [6.45, 7) is 4.05. The molecule has 4 aromatic rings. The van der Waals surface area contributed by atoms with E-state index in [4.69, 9.17) is 4.98 Å². The Kier molecular flexibility index (Phi) is 7.18. The molecule has 2 N–H and O–H groups in total. The lowest BCUT2D eigenvalue weighted by Gasteiger charge is -2.15. The van der Waals surface area contributed by atoms with E-state index in [1.807, 2.05) is 55.5 Å². The first-order chi connectivity index (χ1) is 16.5. The Labute approximate surface area is 196 Å². The van der Waals surface area contributed by atoms with E-state index >= 15 is 0 Å². The van der Waals surface area contributed by atoms with Crippen molar-refractivity contribution >= 4 is 0 Å². The predicted octanol–water partition coefficient (Wildman–Crippen LogP) is 3.49. The van der Waals surface area contributed by atoms with Gasteiger partial charge in [0.2, 0.25) is 0 Å². The summed E-state index contributed by atoms with van der Waals surface area (Å²) in [7, 11) is 0. The van der Waals surface area contributed by atoms with Crippen LogP contribution in [-0.4, -0.2) is 31.4 Å². The van der Waals surface area contributed by atoms with Crippen molar-refractivity contribution in [1.29, 1.82) is 0 Å². The van der Waals surface area contributed by atoms with Crippen LogP contribution < -0.4 is 11.3 Å². The first kappa shape index (κ1) is 23.4. The first-order valence-electron chi connectivity index (χ1n) is 11.5. The molecule has 2 aromatic carbocycles. The van der Waals surface area contributed by atoms with Crippen LogP contribution >= 0.6 is 0 Å². The van der Waals surface area contributed by atoms with Gasteiger partial charge in [-0.25, -0.2) is 9.78 Å². The highest BCUT2D eigenvalue weighted by Crippen LogP contribution is 2.30. The summed E-state index contributed by atoms with van der Waals surface area (Å²) in [6.07, 6.45) is 3.20. The van der Waals surface area contributed by atoms with Crippen molar-refractivity contribution < 1.29 is 9.63 Å². The van der Waals surface area contributed by atoms with E-state index in [-0.39, 0.29) is 18.7 Å². The summed E-state index contributed by atoms with van der Waals surface area (Å²) in [5.41, 5.74) is 5.05. The summed E-state index contributed by atoms with van der Waals surface area (Å²) in [5, 5.41) is 13.2. The fourth-order valence-electron chi connectivity index (χ4n) is 4.14. The van der Waals surface area contributed by atoms with Gasteiger partial charge in [0.05, 0.1) is 18.8 Å². The average Bonchev–Trinajstić information content (AvgIpc) is 3.29. The highest BCUT2D eigenvalue weighted by atomic mass is 16.5. The monoisotopic (exact) mass is 460 g/mol. The lowest BCUT2D eigenvalue weighted by atomic mass is 9.96. The number of hydrogen-bond donors (Lipinski definition) is 2. The maximum Gasteiger partial charge on any atom is 0.439 e. The van der Waals surface area contributed by atoms with Gasteiger partial charge in [0.15, 0.2) is 5.82 Å². The number of aromatic amines is 1. The highest BCUT2D eigenvalue weighted by Gasteiger charge is 2.16. The molecule has 0 spiro atoms. The molecule has 0 bridgehead atoms. The summed E-state index contributed by atoms with van der Waals surface area (Å²) >= 11 is 0. The van der Waals surface area contributed by atoms with Gasteiger partial charge in [0.25, 0.3) is 5.56 Å². The first-order valence-corrected chi connectivity index (χ1v) is 11.5. The Bertz CT molecular complexity index is 1380. The quantitative estimate of drug-likeness (QED) is 0.395. The molecule has 2 heterocycles. The number of nitrogens with zero attached hydrogens (tertiary/aromatic N) is 3. The van der Waals surface area contributed by atoms with Crippen molar-refractivity contribution in [3.63, 3.8) is 0 Å². The molecule has 8 heteroatoms. The standard InChI is InChI=1S/C26H28N4O4/c1-3-4-9-23-22(25(32)30(14-15-31)17(2)27-23)16-18-10-12-19(13-11-18)20-7-5-6-8-21(20)24-28-26(33)34-29-24/h5-8,10-13,31H,3-4,9,14-16H2,1-2H3,(H,28,29,33). The minimum absolute atomic E-state index is 0.0861. The second kappa shape index (κ2) is 10.4. The van der Waals surface area contributed by atoms with Crippen LogP contribution in [0.2, 0.25) is 0 Å². The SMILES string of the molecule is CCCCc1nc(C)n(CCO)c(=O)c1Cc1ccc(-c2ccccc2-c2noc(=O)[nH]2)cc1. The molecule has 2 aromatic heterocycles. The topological polar surface area (TPSA) is 114 Å². The van der Waals surface area contributed by atoms with Crippen molar-refractivity contribution in [2.75, 3.05) is 6.61 Å². The van der Waals surface area contributed by atoms with Crippen LogP contribution in [-0.2, 0) is 19.4 Å². The molecule has 4 rings (SSSR count). The molecule has 0 aliphatic rings. The van der Waals surface area contributed by atoms with Crippen molar-refractivity contribution in [1.82, 2.24) is 19.7 Å². The largest absolute Gasteiger partial charge is 0.439 e. The molecule has 0 saturated carbocycles. The maximum atomic E-state index is 13.2. The third-order valence-corrected chi connectivity index (χ3v) is 5.90. The highest BCUT2D eigenvalue weighted by molar-refractivity contribution is 5.80. The zero-order chi connectivity index (χ0) is 24.1. The third kappa shape index (κ3) is 4.92. The fourth-order valence-corrected chi connectivity index (χ4v) is 4.14. The van der Waals surface area contributed by atoms with Crippen LogP contribution in [0.5, 0.6) is 0 Å². The molecular weight excluding hydrogens is 432 g/mol. The zero-order valence-corrected chi connectivity index (χ0v) is 19.4. The predicted molar refractivity (Wildman–Crippen MR) is 130 cm³/mol. The number of H-pyrrole nitrogens is 1. The number of aromatic nitrogens is 4. The lowest BCUT2D eigenvalue weighted by Crippen LogP contribution is -2.30. The van der Waals surface area contributed by atoms with Crippen LogP contribution in [0.15, 0.2) is 62.6 Å². The molecular formula is C26H28N4O4. The molecule has 8 nitrogen and oxygen atoms in total. The number of rotatable bonds is 9. The maximum absolute atomic E-state index is 13.2. The number of aliphatic hydroxyl groups excluding tert-OH is 1. The van der Waals surface area contributed by atoms with Gasteiger partial charge in [0, 0.05) is 17.5 Å². The normalized spacial score (nSPS) is 11.1. The fraction of sp³-hybridized carbons (Fsp3) is 0.308. The van der Waals surface area contributed by atoms with Gasteiger partial charge in [-0.05, 0) is 36.5 Å². The molecule has 0 aliphatic carbocycles. The summed E-state index contributed by atoms with van der Waals surface area (Å²) < 4.78 is 6.22. The number of aryl methyl sites for hydroxylation is 2. The van der Waals surface area contributed by atoms with Gasteiger partial charge in [-0.2, -0.15) is 0 Å². The van der Waals surface area contributed by atoms with E-state index < -0.39 is 5.76 Å². The van der Waals surface area contributed by atoms with Crippen LogP contribution in [0, 0.1) is 6.92 Å². The number of nitrogens with one attached hydrogen (secondary N) is 1. The molecule has 34 heavy (non-hydrogen) atoms. The zero-order valence-electron chi connectivity index (χ0n) is 19.4. The van der Waals surface area contributed by atoms with E-state index in [0.717, 1.165) is 47.2 Å². The number of aliphatic hydroxyl groups is 1. The van der Waals surface area contributed by atoms with Gasteiger partial charge in [-0.3, -0.25) is 18.9 Å². The van der Waals surface area contributed by atoms with Gasteiger partial charge in [-0.15, -0.1) is 0 Å². The third-order valence-electron chi connectivity index (χ3n) is 5.90. The van der Waals surface area contributed by atoms with E-state index in [9.17, 15) is 14.7 Å². The molecule has 0 amide bonds. The van der Waals surface area contributed by atoms with Crippen molar-refractivity contribution in [2.24, 2.45) is 0 Å². The Hall–Kier alpha value is -3.78. The second-order valence-electron chi connectivity index (χ2n) is 8.23. The van der Waals surface area contributed by atoms with E-state index in [1.54, 1.807) is 4.57 Å². The summed E-state index contributed by atoms with van der Waals surface area (Å²) in [6, 6.07) is 15.6. The van der Waals surface area contributed by atoms with Gasteiger partial charge in [0.1, 0.15) is 5.82 Å². The van der Waals surface area contributed by atoms with Crippen LogP contribution in [0.25, 0.3) is 22.5 Å². The molecule has 176 valence electrons. The number of hydrogen-bond acceptors (Lipinski definition) is 6. The van der Waals surface area contributed by atoms with Crippen molar-refractivity contribution in [2.45, 2.75) is 46.1 Å². The van der Waals surface area contributed by atoms with Gasteiger partial charge in [-0.1, -0.05) is 67.0 Å². The molecule has 0 aliphatic heterocycles. The van der Waals surface area contributed by atoms with Gasteiger partial charge >= 0.3 is 5.76 Å².